The van der Waals surface area contributed by atoms with E-state index in [0.717, 1.165) is 23.5 Å². The minimum absolute atomic E-state index is 0.124. The number of aromatic nitrogens is 2. The van der Waals surface area contributed by atoms with E-state index in [1.807, 2.05) is 37.3 Å². The van der Waals surface area contributed by atoms with Crippen LogP contribution in [0.25, 0.3) is 5.69 Å². The van der Waals surface area contributed by atoms with Crippen LogP contribution >= 0.6 is 0 Å². The molecular formula is C27H32FN3O3. The Balaban J connectivity index is 1.95. The lowest BCUT2D eigenvalue weighted by molar-refractivity contribution is 0.0236. The highest BCUT2D eigenvalue weighted by molar-refractivity contribution is 5.43. The van der Waals surface area contributed by atoms with E-state index >= 15 is 0 Å². The van der Waals surface area contributed by atoms with Crippen molar-refractivity contribution >= 4 is 0 Å². The van der Waals surface area contributed by atoms with Crippen LogP contribution in [-0.4, -0.2) is 52.2 Å². The second kappa shape index (κ2) is 12.3. The third kappa shape index (κ3) is 6.91. The van der Waals surface area contributed by atoms with Gasteiger partial charge in [-0.05, 0) is 37.1 Å². The largest absolute Gasteiger partial charge is 0.435 e. The first kappa shape index (κ1) is 25.4. The van der Waals surface area contributed by atoms with Crippen molar-refractivity contribution in [2.45, 2.75) is 33.4 Å². The summed E-state index contributed by atoms with van der Waals surface area (Å²) in [5, 5.41) is 15.2. The average molecular weight is 466 g/mol. The molecule has 0 spiro atoms. The lowest BCUT2D eigenvalue weighted by Gasteiger charge is -2.27. The molecule has 7 heteroatoms. The zero-order valence-electron chi connectivity index (χ0n) is 19.9. The standard InChI is InChI=1S/C27H32FN3O3/c1-5-15-33-19-23(32)17-30(16-20(2)3)18-24-21(4)29-31(22-11-7-6-8-12-22)27(24)34-26-14-10-9-13-25(26)28/h1,6-14,20,23,32H,15-19H2,2-4H3. The van der Waals surface area contributed by atoms with Gasteiger partial charge in [-0.2, -0.15) is 5.10 Å². The second-order valence-electron chi connectivity index (χ2n) is 8.61. The van der Waals surface area contributed by atoms with Crippen molar-refractivity contribution < 1.29 is 19.0 Å². The van der Waals surface area contributed by atoms with Gasteiger partial charge in [-0.1, -0.05) is 50.1 Å². The number of hydrogen-bond donors (Lipinski definition) is 1. The highest BCUT2D eigenvalue weighted by Gasteiger charge is 2.23. The Hall–Kier alpha value is -3.18. The van der Waals surface area contributed by atoms with Gasteiger partial charge in [0, 0.05) is 19.6 Å². The monoisotopic (exact) mass is 465 g/mol. The number of nitrogens with zero attached hydrogens (tertiary/aromatic N) is 3. The van der Waals surface area contributed by atoms with E-state index in [-0.39, 0.29) is 19.0 Å². The number of ether oxygens (including phenoxy) is 2. The van der Waals surface area contributed by atoms with E-state index in [2.05, 4.69) is 24.7 Å². The number of hydrogen-bond acceptors (Lipinski definition) is 5. The SMILES string of the molecule is C#CCOCC(O)CN(Cc1c(C)nn(-c2ccccc2)c1Oc1ccccc1F)CC(C)C. The molecule has 0 aliphatic rings. The van der Waals surface area contributed by atoms with Crippen LogP contribution in [0.4, 0.5) is 4.39 Å². The summed E-state index contributed by atoms with van der Waals surface area (Å²) < 4.78 is 27.6. The maximum absolute atomic E-state index is 14.5. The molecule has 0 saturated heterocycles. The Labute approximate surface area is 200 Å². The van der Waals surface area contributed by atoms with Gasteiger partial charge < -0.3 is 14.6 Å². The van der Waals surface area contributed by atoms with Gasteiger partial charge in [0.2, 0.25) is 5.88 Å². The summed E-state index contributed by atoms with van der Waals surface area (Å²) in [7, 11) is 0. The zero-order chi connectivity index (χ0) is 24.5. The van der Waals surface area contributed by atoms with Gasteiger partial charge in [0.25, 0.3) is 0 Å². The molecule has 180 valence electrons. The van der Waals surface area contributed by atoms with Crippen LogP contribution in [0.15, 0.2) is 54.6 Å². The minimum Gasteiger partial charge on any atom is -0.435 e. The molecule has 0 fully saturated rings. The number of rotatable bonds is 12. The van der Waals surface area contributed by atoms with Gasteiger partial charge in [-0.25, -0.2) is 9.07 Å². The van der Waals surface area contributed by atoms with E-state index in [1.54, 1.807) is 22.9 Å². The molecule has 3 aromatic rings. The van der Waals surface area contributed by atoms with E-state index in [0.29, 0.717) is 24.9 Å². The summed E-state index contributed by atoms with van der Waals surface area (Å²) in [6.45, 7) is 8.04. The third-order valence-electron chi connectivity index (χ3n) is 5.15. The molecule has 1 aromatic heterocycles. The van der Waals surface area contributed by atoms with E-state index in [1.165, 1.54) is 6.07 Å². The topological polar surface area (TPSA) is 59.8 Å². The number of aliphatic hydroxyl groups excluding tert-OH is 1. The number of aliphatic hydroxyl groups is 1. The zero-order valence-corrected chi connectivity index (χ0v) is 19.9. The fourth-order valence-electron chi connectivity index (χ4n) is 3.75. The van der Waals surface area contributed by atoms with E-state index in [4.69, 9.17) is 21.0 Å². The Morgan fingerprint density at radius 3 is 2.50 bits per heavy atom. The van der Waals surface area contributed by atoms with Gasteiger partial charge in [-0.15, -0.1) is 6.42 Å². The molecule has 1 heterocycles. The lowest BCUT2D eigenvalue weighted by atomic mass is 10.1. The van der Waals surface area contributed by atoms with Crippen LogP contribution in [0.2, 0.25) is 0 Å². The summed E-state index contributed by atoms with van der Waals surface area (Å²) in [5.41, 5.74) is 2.40. The Bertz CT molecular complexity index is 1090. The van der Waals surface area contributed by atoms with Crippen LogP contribution in [0, 0.1) is 31.0 Å². The average Bonchev–Trinajstić information content (AvgIpc) is 3.10. The first-order valence-corrected chi connectivity index (χ1v) is 11.4. The van der Waals surface area contributed by atoms with Gasteiger partial charge in [0.05, 0.1) is 29.7 Å². The summed E-state index contributed by atoms with van der Waals surface area (Å²) in [6.07, 6.45) is 4.52. The first-order chi connectivity index (χ1) is 16.4. The third-order valence-corrected chi connectivity index (χ3v) is 5.15. The molecule has 0 bridgehead atoms. The number of aryl methyl sites for hydroxylation is 1. The predicted octanol–water partition coefficient (Wildman–Crippen LogP) is 4.58. The summed E-state index contributed by atoms with van der Waals surface area (Å²) in [6, 6.07) is 15.9. The van der Waals surface area contributed by atoms with Crippen LogP contribution in [0.3, 0.4) is 0 Å². The highest BCUT2D eigenvalue weighted by atomic mass is 19.1. The molecule has 0 saturated carbocycles. The maximum atomic E-state index is 14.5. The molecule has 0 radical (unpaired) electrons. The number of terminal acetylenes is 1. The molecule has 1 N–H and O–H groups in total. The molecule has 6 nitrogen and oxygen atoms in total. The van der Waals surface area contributed by atoms with Crippen molar-refractivity contribution in [2.75, 3.05) is 26.3 Å². The molecule has 3 rings (SSSR count). The summed E-state index contributed by atoms with van der Waals surface area (Å²) >= 11 is 0. The smallest absolute Gasteiger partial charge is 0.227 e. The quantitative estimate of drug-likeness (QED) is 0.313. The molecule has 0 aliphatic heterocycles. The van der Waals surface area contributed by atoms with Gasteiger partial charge in [0.1, 0.15) is 6.61 Å². The Morgan fingerprint density at radius 1 is 1.12 bits per heavy atom. The number of para-hydroxylation sites is 2. The lowest BCUT2D eigenvalue weighted by Crippen LogP contribution is -2.37. The number of benzene rings is 2. The first-order valence-electron chi connectivity index (χ1n) is 11.4. The second-order valence-corrected chi connectivity index (χ2v) is 8.61. The molecule has 0 amide bonds. The molecule has 1 atom stereocenters. The van der Waals surface area contributed by atoms with Crippen LogP contribution < -0.4 is 4.74 Å². The van der Waals surface area contributed by atoms with Gasteiger partial charge >= 0.3 is 0 Å². The molecule has 34 heavy (non-hydrogen) atoms. The molecule has 1 unspecified atom stereocenters. The highest BCUT2D eigenvalue weighted by Crippen LogP contribution is 2.32. The van der Waals surface area contributed by atoms with Crippen molar-refractivity contribution in [1.82, 2.24) is 14.7 Å². The molecule has 0 aliphatic carbocycles. The van der Waals surface area contributed by atoms with Gasteiger partial charge in [-0.3, -0.25) is 4.90 Å². The normalized spacial score (nSPS) is 12.2. The molecular weight excluding hydrogens is 433 g/mol. The minimum atomic E-state index is -0.701. The Morgan fingerprint density at radius 2 is 1.82 bits per heavy atom. The fourth-order valence-corrected chi connectivity index (χ4v) is 3.75. The summed E-state index contributed by atoms with van der Waals surface area (Å²) in [4.78, 5) is 2.13. The van der Waals surface area contributed by atoms with E-state index in [9.17, 15) is 9.50 Å². The predicted molar refractivity (Wildman–Crippen MR) is 131 cm³/mol. The van der Waals surface area contributed by atoms with Crippen molar-refractivity contribution in [3.63, 3.8) is 0 Å². The van der Waals surface area contributed by atoms with Crippen LogP contribution in [-0.2, 0) is 11.3 Å². The van der Waals surface area contributed by atoms with Crippen LogP contribution in [0.5, 0.6) is 11.6 Å². The van der Waals surface area contributed by atoms with Crippen molar-refractivity contribution in [3.05, 3.63) is 71.7 Å². The molecule has 2 aromatic carbocycles. The van der Waals surface area contributed by atoms with E-state index < -0.39 is 11.9 Å². The number of halogens is 1. The van der Waals surface area contributed by atoms with Crippen LogP contribution in [0.1, 0.15) is 25.1 Å². The summed E-state index contributed by atoms with van der Waals surface area (Å²) in [5.74, 6) is 2.88. The van der Waals surface area contributed by atoms with Gasteiger partial charge in [0.15, 0.2) is 11.6 Å². The van der Waals surface area contributed by atoms with Crippen molar-refractivity contribution in [3.8, 4) is 29.7 Å². The van der Waals surface area contributed by atoms with Crippen molar-refractivity contribution in [1.29, 1.82) is 0 Å². The Kier molecular flexibility index (Phi) is 9.23. The fraction of sp³-hybridized carbons (Fsp3) is 0.370. The van der Waals surface area contributed by atoms with Crippen molar-refractivity contribution in [2.24, 2.45) is 5.92 Å². The maximum Gasteiger partial charge on any atom is 0.227 e.